The molecule has 0 atom stereocenters. The van der Waals surface area contributed by atoms with E-state index in [2.05, 4.69) is 27.9 Å². The zero-order valence-corrected chi connectivity index (χ0v) is 22.8. The predicted octanol–water partition coefficient (Wildman–Crippen LogP) is 9.28. The monoisotopic (exact) mass is 453 g/mol. The van der Waals surface area contributed by atoms with Gasteiger partial charge in [-0.15, -0.1) is 0 Å². The highest BCUT2D eigenvalue weighted by Crippen LogP contribution is 2.15. The van der Waals surface area contributed by atoms with E-state index in [9.17, 15) is 0 Å². The lowest BCUT2D eigenvalue weighted by Crippen LogP contribution is -2.41. The van der Waals surface area contributed by atoms with Gasteiger partial charge in [0, 0.05) is 0 Å². The molecule has 0 N–H and O–H groups in total. The summed E-state index contributed by atoms with van der Waals surface area (Å²) < 4.78 is 1.25. The van der Waals surface area contributed by atoms with Crippen molar-refractivity contribution in [3.63, 3.8) is 0 Å². The van der Waals surface area contributed by atoms with Crippen LogP contribution in [0.4, 0.5) is 0 Å². The van der Waals surface area contributed by atoms with Crippen molar-refractivity contribution in [2.75, 3.05) is 27.2 Å². The summed E-state index contributed by atoms with van der Waals surface area (Å²) in [6.45, 7) is 7.38. The molecule has 0 radical (unpaired) electrons. The third-order valence-electron chi connectivity index (χ3n) is 7.23. The summed E-state index contributed by atoms with van der Waals surface area (Å²) in [7, 11) is 4.91. The van der Waals surface area contributed by atoms with Crippen LogP contribution >= 0.6 is 0 Å². The zero-order valence-electron chi connectivity index (χ0n) is 22.8. The van der Waals surface area contributed by atoms with Crippen molar-refractivity contribution < 1.29 is 4.48 Å². The standard InChI is InChI=1S/C30H64N.BH3/c1-5-7-9-11-13-15-17-19-21-23-25-27-29-31(3,4)30-28-26-24-22-20-18-16-14-12-10-8-6-2;/h5-30H2,1-4H3;1H3/q+1;. The number of hydrogen-bond donors (Lipinski definition) is 0. The minimum atomic E-state index is 0. The smallest absolute Gasteiger partial charge is 0.0814 e. The summed E-state index contributed by atoms with van der Waals surface area (Å²) >= 11 is 0. The average molecular weight is 453 g/mol. The lowest BCUT2D eigenvalue weighted by Gasteiger charge is -2.30. The molecular weight excluding hydrogens is 385 g/mol. The fourth-order valence-electron chi connectivity index (χ4n) is 4.87. The SMILES string of the molecule is B.CCCCCCCCCCCCCC[N+](C)(C)CCCCCCCCCCCCCC. The molecule has 0 saturated carbocycles. The molecule has 0 heterocycles. The topological polar surface area (TPSA) is 0 Å². The van der Waals surface area contributed by atoms with E-state index in [0.717, 1.165) is 0 Å². The molecule has 2 heteroatoms. The Morgan fingerprint density at radius 3 is 0.719 bits per heavy atom. The molecule has 0 bridgehead atoms. The molecule has 0 aromatic heterocycles. The van der Waals surface area contributed by atoms with Gasteiger partial charge in [0.15, 0.2) is 0 Å². The van der Waals surface area contributed by atoms with Crippen LogP contribution in [0.25, 0.3) is 0 Å². The zero-order chi connectivity index (χ0) is 22.9. The lowest BCUT2D eigenvalue weighted by atomic mass is 10.0. The number of quaternary nitrogens is 1. The van der Waals surface area contributed by atoms with Gasteiger partial charge >= 0.3 is 0 Å². The Hall–Kier alpha value is 0.0249. The van der Waals surface area contributed by atoms with E-state index >= 15 is 0 Å². The van der Waals surface area contributed by atoms with Crippen LogP contribution in [0.15, 0.2) is 0 Å². The maximum absolute atomic E-state index is 2.46. The number of nitrogens with zero attached hydrogens (tertiary/aromatic N) is 1. The van der Waals surface area contributed by atoms with E-state index in [1.807, 2.05) is 0 Å². The molecule has 32 heavy (non-hydrogen) atoms. The second-order valence-electron chi connectivity index (χ2n) is 11.2. The Bertz CT molecular complexity index is 299. The van der Waals surface area contributed by atoms with Crippen LogP contribution in [-0.4, -0.2) is 40.1 Å². The molecule has 194 valence electrons. The van der Waals surface area contributed by atoms with Gasteiger partial charge in [-0.3, -0.25) is 0 Å². The van der Waals surface area contributed by atoms with Crippen molar-refractivity contribution in [3.05, 3.63) is 0 Å². The number of unbranched alkanes of at least 4 members (excludes halogenated alkanes) is 22. The first-order valence-corrected chi connectivity index (χ1v) is 14.9. The molecule has 0 aliphatic carbocycles. The van der Waals surface area contributed by atoms with Crippen molar-refractivity contribution in [2.45, 2.75) is 168 Å². The fourth-order valence-corrected chi connectivity index (χ4v) is 4.87. The van der Waals surface area contributed by atoms with E-state index in [-0.39, 0.29) is 8.41 Å². The maximum Gasteiger partial charge on any atom is 0.0814 e. The Labute approximate surface area is 208 Å². The molecule has 0 aliphatic heterocycles. The molecule has 0 spiro atoms. The van der Waals surface area contributed by atoms with Crippen LogP contribution in [0, 0.1) is 0 Å². The first-order valence-electron chi connectivity index (χ1n) is 14.9. The lowest BCUT2D eigenvalue weighted by molar-refractivity contribution is -0.890. The Balaban J connectivity index is 0. The first-order chi connectivity index (χ1) is 15.1. The Morgan fingerprint density at radius 1 is 0.312 bits per heavy atom. The Kier molecular flexibility index (Phi) is 29.1. The van der Waals surface area contributed by atoms with Crippen LogP contribution in [0.3, 0.4) is 0 Å². The molecule has 0 aliphatic rings. The average Bonchev–Trinajstić information content (AvgIpc) is 2.75. The molecule has 0 rings (SSSR count). The molecule has 1 nitrogen and oxygen atoms in total. The van der Waals surface area contributed by atoms with Crippen molar-refractivity contribution in [1.82, 2.24) is 0 Å². The van der Waals surface area contributed by atoms with Gasteiger partial charge in [-0.05, 0) is 25.7 Å². The molecular formula is C30H67BN+. The van der Waals surface area contributed by atoms with Crippen LogP contribution in [-0.2, 0) is 0 Å². The quantitative estimate of drug-likeness (QED) is 0.0697. The van der Waals surface area contributed by atoms with Crippen molar-refractivity contribution in [2.24, 2.45) is 0 Å². The summed E-state index contributed by atoms with van der Waals surface area (Å²) in [6.07, 6.45) is 35.0. The second-order valence-corrected chi connectivity index (χ2v) is 11.2. The van der Waals surface area contributed by atoms with Crippen LogP contribution in [0.5, 0.6) is 0 Å². The molecule has 0 saturated heterocycles. The number of hydrogen-bond acceptors (Lipinski definition) is 0. The van der Waals surface area contributed by atoms with Crippen LogP contribution < -0.4 is 0 Å². The summed E-state index contributed by atoms with van der Waals surface area (Å²) in [4.78, 5) is 0. The van der Waals surface area contributed by atoms with Crippen molar-refractivity contribution in [1.29, 1.82) is 0 Å². The van der Waals surface area contributed by atoms with Gasteiger partial charge in [0.2, 0.25) is 0 Å². The van der Waals surface area contributed by atoms with Gasteiger partial charge < -0.3 is 4.48 Å². The number of rotatable bonds is 26. The highest BCUT2D eigenvalue weighted by Gasteiger charge is 2.13. The van der Waals surface area contributed by atoms with Crippen molar-refractivity contribution in [3.8, 4) is 0 Å². The van der Waals surface area contributed by atoms with E-state index in [1.165, 1.54) is 172 Å². The summed E-state index contributed by atoms with van der Waals surface area (Å²) in [5.74, 6) is 0. The van der Waals surface area contributed by atoms with Gasteiger partial charge in [0.05, 0.1) is 35.6 Å². The highest BCUT2D eigenvalue weighted by atomic mass is 15.3. The van der Waals surface area contributed by atoms with Gasteiger partial charge in [-0.2, -0.15) is 0 Å². The van der Waals surface area contributed by atoms with Crippen LogP contribution in [0.2, 0.25) is 0 Å². The van der Waals surface area contributed by atoms with Gasteiger partial charge in [-0.1, -0.05) is 142 Å². The van der Waals surface area contributed by atoms with Gasteiger partial charge in [-0.25, -0.2) is 0 Å². The second kappa shape index (κ2) is 27.3. The van der Waals surface area contributed by atoms with Crippen molar-refractivity contribution >= 4 is 8.41 Å². The van der Waals surface area contributed by atoms with E-state index < -0.39 is 0 Å². The van der Waals surface area contributed by atoms with Gasteiger partial charge in [0.25, 0.3) is 0 Å². The minimum absolute atomic E-state index is 0. The predicted molar refractivity (Wildman–Crippen MR) is 154 cm³/mol. The fraction of sp³-hybridized carbons (Fsp3) is 1.00. The molecule has 0 fully saturated rings. The van der Waals surface area contributed by atoms with E-state index in [1.54, 1.807) is 0 Å². The van der Waals surface area contributed by atoms with Crippen LogP contribution in [0.1, 0.15) is 168 Å². The molecule has 0 amide bonds. The highest BCUT2D eigenvalue weighted by molar-refractivity contribution is 5.75. The molecule has 0 aromatic carbocycles. The maximum atomic E-state index is 2.46. The summed E-state index contributed by atoms with van der Waals surface area (Å²) in [5.41, 5.74) is 0. The third-order valence-corrected chi connectivity index (χ3v) is 7.23. The third kappa shape index (κ3) is 28.1. The molecule has 0 aromatic rings. The normalized spacial score (nSPS) is 11.6. The minimum Gasteiger partial charge on any atom is -0.328 e. The van der Waals surface area contributed by atoms with E-state index in [0.29, 0.717) is 0 Å². The summed E-state index contributed by atoms with van der Waals surface area (Å²) in [6, 6.07) is 0. The largest absolute Gasteiger partial charge is 0.328 e. The van der Waals surface area contributed by atoms with E-state index in [4.69, 9.17) is 0 Å². The first kappa shape index (κ1) is 34.2. The Morgan fingerprint density at radius 2 is 0.500 bits per heavy atom. The molecule has 0 unspecified atom stereocenters. The van der Waals surface area contributed by atoms with Gasteiger partial charge in [0.1, 0.15) is 0 Å². The summed E-state index contributed by atoms with van der Waals surface area (Å²) in [5, 5.41) is 0.